The van der Waals surface area contributed by atoms with E-state index in [1.807, 2.05) is 0 Å². The Balaban J connectivity index is 2.47. The third kappa shape index (κ3) is 4.47. The number of aromatic nitrogens is 1. The number of nitrogens with two attached hydrogens (primary N) is 1. The van der Waals surface area contributed by atoms with Crippen molar-refractivity contribution in [2.24, 2.45) is 5.73 Å². The summed E-state index contributed by atoms with van der Waals surface area (Å²) in [7, 11) is 0. The number of amides is 1. The van der Waals surface area contributed by atoms with Gasteiger partial charge in [-0.3, -0.25) is 9.59 Å². The van der Waals surface area contributed by atoms with Crippen molar-refractivity contribution < 1.29 is 19.8 Å². The topological polar surface area (TPSA) is 126 Å². The molecule has 17 heavy (non-hydrogen) atoms. The number of anilines is 1. The van der Waals surface area contributed by atoms with Gasteiger partial charge >= 0.3 is 5.97 Å². The van der Waals surface area contributed by atoms with Gasteiger partial charge in [0.15, 0.2) is 0 Å². The van der Waals surface area contributed by atoms with Crippen LogP contribution in [0.15, 0.2) is 18.3 Å². The quantitative estimate of drug-likeness (QED) is 0.526. The zero-order chi connectivity index (χ0) is 12.8. The molecule has 0 saturated carbocycles. The number of pyridine rings is 1. The molecule has 1 atom stereocenters. The average molecular weight is 239 g/mol. The largest absolute Gasteiger partial charge is 0.481 e. The molecule has 1 heterocycles. The fourth-order valence-electron chi connectivity index (χ4n) is 1.14. The van der Waals surface area contributed by atoms with Crippen molar-refractivity contribution >= 4 is 17.7 Å². The van der Waals surface area contributed by atoms with E-state index in [9.17, 15) is 14.7 Å². The lowest BCUT2D eigenvalue weighted by Gasteiger charge is -2.09. The molecule has 7 nitrogen and oxygen atoms in total. The first-order chi connectivity index (χ1) is 7.99. The van der Waals surface area contributed by atoms with Crippen molar-refractivity contribution in [2.45, 2.75) is 12.5 Å². The summed E-state index contributed by atoms with van der Waals surface area (Å²) in [5.74, 6) is -1.22. The van der Waals surface area contributed by atoms with Gasteiger partial charge in [-0.25, -0.2) is 4.98 Å². The van der Waals surface area contributed by atoms with Gasteiger partial charge in [-0.05, 0) is 12.1 Å². The lowest BCUT2D eigenvalue weighted by Crippen LogP contribution is -2.23. The molecule has 0 bridgehead atoms. The number of carbonyl (C=O) groups is 2. The number of aliphatic carboxylic acids is 1. The molecule has 1 rings (SSSR count). The van der Waals surface area contributed by atoms with Crippen molar-refractivity contribution in [1.82, 2.24) is 4.98 Å². The molecule has 1 aromatic rings. The Hall–Kier alpha value is -2.15. The van der Waals surface area contributed by atoms with Gasteiger partial charge in [0.05, 0.1) is 18.1 Å². The Morgan fingerprint density at radius 3 is 2.65 bits per heavy atom. The summed E-state index contributed by atoms with van der Waals surface area (Å²) in [6.45, 7) is 0.0647. The fraction of sp³-hybridized carbons (Fsp3) is 0.300. The van der Waals surface area contributed by atoms with Crippen molar-refractivity contribution in [3.05, 3.63) is 23.9 Å². The minimum Gasteiger partial charge on any atom is -0.481 e. The standard InChI is InChI=1S/C10H13N3O4/c11-10(17)6-1-2-8(12-4-6)13-5-7(14)3-9(15)16/h1-2,4,7,14H,3,5H2,(H2,11,17)(H,12,13)(H,15,16). The summed E-state index contributed by atoms with van der Waals surface area (Å²) in [6.07, 6.45) is -0.0363. The molecule has 7 heteroatoms. The lowest BCUT2D eigenvalue weighted by molar-refractivity contribution is -0.138. The summed E-state index contributed by atoms with van der Waals surface area (Å²) < 4.78 is 0. The van der Waals surface area contributed by atoms with Crippen LogP contribution in [0.5, 0.6) is 0 Å². The molecule has 0 fully saturated rings. The SMILES string of the molecule is NC(=O)c1ccc(NCC(O)CC(=O)O)nc1. The van der Waals surface area contributed by atoms with E-state index in [1.165, 1.54) is 18.3 Å². The second kappa shape index (κ2) is 5.80. The van der Waals surface area contributed by atoms with E-state index >= 15 is 0 Å². The Kier molecular flexibility index (Phi) is 4.41. The number of primary amides is 1. The van der Waals surface area contributed by atoms with Crippen LogP contribution in [0.2, 0.25) is 0 Å². The van der Waals surface area contributed by atoms with Gasteiger partial charge in [0, 0.05) is 12.7 Å². The number of carboxylic acids is 1. The van der Waals surface area contributed by atoms with Crippen LogP contribution in [0, 0.1) is 0 Å². The van der Waals surface area contributed by atoms with E-state index in [0.29, 0.717) is 5.82 Å². The van der Waals surface area contributed by atoms with Crippen molar-refractivity contribution in [2.75, 3.05) is 11.9 Å². The molecule has 0 aromatic carbocycles. The minimum absolute atomic E-state index is 0.0647. The molecule has 5 N–H and O–H groups in total. The second-order valence-corrected chi connectivity index (χ2v) is 3.43. The number of hydrogen-bond acceptors (Lipinski definition) is 5. The van der Waals surface area contributed by atoms with Crippen molar-refractivity contribution in [3.63, 3.8) is 0 Å². The Morgan fingerprint density at radius 2 is 2.18 bits per heavy atom. The normalized spacial score (nSPS) is 11.8. The zero-order valence-corrected chi connectivity index (χ0v) is 8.96. The number of rotatable bonds is 6. The third-order valence-corrected chi connectivity index (χ3v) is 1.98. The second-order valence-electron chi connectivity index (χ2n) is 3.43. The maximum Gasteiger partial charge on any atom is 0.306 e. The predicted molar refractivity (Wildman–Crippen MR) is 59.5 cm³/mol. The summed E-state index contributed by atoms with van der Waals surface area (Å²) in [5, 5.41) is 20.4. The van der Waals surface area contributed by atoms with E-state index in [-0.39, 0.29) is 18.5 Å². The van der Waals surface area contributed by atoms with Crippen LogP contribution in [-0.2, 0) is 4.79 Å². The highest BCUT2D eigenvalue weighted by molar-refractivity contribution is 5.92. The predicted octanol–water partition coefficient (Wildman–Crippen LogP) is -0.572. The highest BCUT2D eigenvalue weighted by Crippen LogP contribution is 2.05. The van der Waals surface area contributed by atoms with Crippen LogP contribution in [-0.4, -0.2) is 39.7 Å². The minimum atomic E-state index is -1.07. The van der Waals surface area contributed by atoms with Crippen LogP contribution in [0.1, 0.15) is 16.8 Å². The number of carboxylic acid groups (broad SMARTS) is 1. The summed E-state index contributed by atoms with van der Waals surface area (Å²) in [5.41, 5.74) is 5.32. The molecule has 92 valence electrons. The third-order valence-electron chi connectivity index (χ3n) is 1.98. The first-order valence-electron chi connectivity index (χ1n) is 4.88. The maximum atomic E-state index is 10.8. The van der Waals surface area contributed by atoms with Crippen LogP contribution in [0.3, 0.4) is 0 Å². The monoisotopic (exact) mass is 239 g/mol. The highest BCUT2D eigenvalue weighted by atomic mass is 16.4. The van der Waals surface area contributed by atoms with Gasteiger partial charge in [0.2, 0.25) is 5.91 Å². The number of hydrogen-bond donors (Lipinski definition) is 4. The molecule has 0 aliphatic heterocycles. The first-order valence-corrected chi connectivity index (χ1v) is 4.88. The molecule has 0 aliphatic rings. The molecule has 0 saturated heterocycles. The average Bonchev–Trinajstić information content (AvgIpc) is 2.26. The van der Waals surface area contributed by atoms with Crippen LogP contribution < -0.4 is 11.1 Å². The summed E-state index contributed by atoms with van der Waals surface area (Å²) in [4.78, 5) is 24.9. The first kappa shape index (κ1) is 12.9. The number of aliphatic hydroxyl groups excluding tert-OH is 1. The fourth-order valence-corrected chi connectivity index (χ4v) is 1.14. The Morgan fingerprint density at radius 1 is 1.47 bits per heavy atom. The van der Waals surface area contributed by atoms with Gasteiger partial charge in [-0.1, -0.05) is 0 Å². The molecular weight excluding hydrogens is 226 g/mol. The lowest BCUT2D eigenvalue weighted by atomic mass is 10.2. The maximum absolute atomic E-state index is 10.8. The number of aliphatic hydroxyl groups is 1. The number of nitrogens with one attached hydrogen (secondary N) is 1. The van der Waals surface area contributed by atoms with Crippen LogP contribution in [0.4, 0.5) is 5.82 Å². The van der Waals surface area contributed by atoms with Crippen molar-refractivity contribution in [1.29, 1.82) is 0 Å². The Labute approximate surface area is 97.3 Å². The van der Waals surface area contributed by atoms with E-state index in [4.69, 9.17) is 10.8 Å². The van der Waals surface area contributed by atoms with Gasteiger partial charge < -0.3 is 21.3 Å². The molecule has 1 aromatic heterocycles. The van der Waals surface area contributed by atoms with Crippen LogP contribution in [0.25, 0.3) is 0 Å². The molecule has 1 unspecified atom stereocenters. The zero-order valence-electron chi connectivity index (χ0n) is 8.96. The highest BCUT2D eigenvalue weighted by Gasteiger charge is 2.09. The van der Waals surface area contributed by atoms with E-state index in [0.717, 1.165) is 0 Å². The molecule has 0 aliphatic carbocycles. The smallest absolute Gasteiger partial charge is 0.306 e. The van der Waals surface area contributed by atoms with Gasteiger partial charge in [-0.15, -0.1) is 0 Å². The van der Waals surface area contributed by atoms with E-state index < -0.39 is 18.0 Å². The Bertz CT molecular complexity index is 405. The molecular formula is C10H13N3O4. The molecule has 0 radical (unpaired) electrons. The van der Waals surface area contributed by atoms with E-state index in [2.05, 4.69) is 10.3 Å². The van der Waals surface area contributed by atoms with Gasteiger partial charge in [0.1, 0.15) is 5.82 Å². The van der Waals surface area contributed by atoms with Crippen LogP contribution >= 0.6 is 0 Å². The number of carbonyl (C=O) groups excluding carboxylic acids is 1. The summed E-state index contributed by atoms with van der Waals surface area (Å²) in [6, 6.07) is 3.01. The van der Waals surface area contributed by atoms with Gasteiger partial charge in [-0.2, -0.15) is 0 Å². The van der Waals surface area contributed by atoms with Crippen molar-refractivity contribution in [3.8, 4) is 0 Å². The molecule has 1 amide bonds. The number of nitrogens with zero attached hydrogens (tertiary/aromatic N) is 1. The van der Waals surface area contributed by atoms with E-state index in [1.54, 1.807) is 0 Å². The van der Waals surface area contributed by atoms with Gasteiger partial charge in [0.25, 0.3) is 0 Å². The summed E-state index contributed by atoms with van der Waals surface area (Å²) >= 11 is 0. The molecule has 0 spiro atoms.